The van der Waals surface area contributed by atoms with E-state index in [0.29, 0.717) is 19.0 Å². The molecule has 0 atom stereocenters. The minimum atomic E-state index is -0.195. The fourth-order valence-electron chi connectivity index (χ4n) is 2.54. The molecule has 124 valence electrons. The predicted molar refractivity (Wildman–Crippen MR) is 93.5 cm³/mol. The summed E-state index contributed by atoms with van der Waals surface area (Å²) in [6.45, 7) is 5.41. The van der Waals surface area contributed by atoms with Crippen LogP contribution < -0.4 is 16.2 Å². The third-order valence-electron chi connectivity index (χ3n) is 3.77. The second-order valence-electron chi connectivity index (χ2n) is 6.20. The van der Waals surface area contributed by atoms with E-state index in [9.17, 15) is 9.59 Å². The van der Waals surface area contributed by atoms with Crippen molar-refractivity contribution in [2.75, 3.05) is 6.54 Å². The van der Waals surface area contributed by atoms with Crippen molar-refractivity contribution in [1.82, 2.24) is 15.6 Å². The maximum atomic E-state index is 11.8. The summed E-state index contributed by atoms with van der Waals surface area (Å²) in [5.41, 5.74) is 1.44. The number of hydrogen-bond acceptors (Lipinski definition) is 2. The molecule has 2 amide bonds. The molecule has 5 heteroatoms. The third-order valence-corrected chi connectivity index (χ3v) is 3.77. The minimum absolute atomic E-state index is 0.158. The zero-order chi connectivity index (χ0) is 16.7. The Balaban J connectivity index is 1.84. The highest BCUT2D eigenvalue weighted by Gasteiger charge is 2.05. The van der Waals surface area contributed by atoms with Gasteiger partial charge in [-0.15, -0.1) is 0 Å². The summed E-state index contributed by atoms with van der Waals surface area (Å²) in [7, 11) is 0. The van der Waals surface area contributed by atoms with Crippen molar-refractivity contribution in [3.63, 3.8) is 0 Å². The summed E-state index contributed by atoms with van der Waals surface area (Å²) in [6, 6.07) is 8.92. The molecule has 0 aliphatic carbocycles. The number of carbonyl (C=O) groups is 1. The lowest BCUT2D eigenvalue weighted by Crippen LogP contribution is -2.35. The number of aromatic amines is 1. The average Bonchev–Trinajstić information content (AvgIpc) is 2.51. The molecule has 3 N–H and O–H groups in total. The molecule has 0 unspecified atom stereocenters. The lowest BCUT2D eigenvalue weighted by Gasteiger charge is -2.10. The summed E-state index contributed by atoms with van der Waals surface area (Å²) < 4.78 is 0. The molecule has 5 nitrogen and oxygen atoms in total. The first-order chi connectivity index (χ1) is 11.1. The standard InChI is InChI=1S/C18H25N3O2/c1-13(2)7-5-6-10-19-18(23)20-12-14-11-17(22)21-16-9-4-3-8-15(14)16/h3-4,8-9,11,13H,5-7,10,12H2,1-2H3,(H,21,22)(H2,19,20,23). The molecule has 23 heavy (non-hydrogen) atoms. The fourth-order valence-corrected chi connectivity index (χ4v) is 2.54. The second-order valence-corrected chi connectivity index (χ2v) is 6.20. The van der Waals surface area contributed by atoms with Crippen LogP contribution in [0.1, 0.15) is 38.7 Å². The smallest absolute Gasteiger partial charge is 0.315 e. The van der Waals surface area contributed by atoms with Crippen molar-refractivity contribution in [2.45, 2.75) is 39.7 Å². The SMILES string of the molecule is CC(C)CCCCNC(=O)NCc1cc(=O)[nH]c2ccccc12. The molecule has 0 saturated heterocycles. The minimum Gasteiger partial charge on any atom is -0.338 e. The predicted octanol–water partition coefficient (Wildman–Crippen LogP) is 3.15. The van der Waals surface area contributed by atoms with Gasteiger partial charge in [0.25, 0.3) is 0 Å². The number of rotatable bonds is 7. The van der Waals surface area contributed by atoms with Crippen LogP contribution in [-0.4, -0.2) is 17.6 Å². The van der Waals surface area contributed by atoms with Crippen LogP contribution in [0.25, 0.3) is 10.9 Å². The van der Waals surface area contributed by atoms with Crippen molar-refractivity contribution in [1.29, 1.82) is 0 Å². The number of amides is 2. The van der Waals surface area contributed by atoms with Crippen LogP contribution in [0.5, 0.6) is 0 Å². The second kappa shape index (κ2) is 8.36. The van der Waals surface area contributed by atoms with Gasteiger partial charge in [0.1, 0.15) is 0 Å². The zero-order valence-electron chi connectivity index (χ0n) is 13.8. The molecule has 0 fully saturated rings. The molecule has 0 radical (unpaired) electrons. The van der Waals surface area contributed by atoms with Crippen molar-refractivity contribution >= 4 is 16.9 Å². The number of aromatic nitrogens is 1. The zero-order valence-corrected chi connectivity index (χ0v) is 13.8. The van der Waals surface area contributed by atoms with Gasteiger partial charge in [-0.2, -0.15) is 0 Å². The first-order valence-corrected chi connectivity index (χ1v) is 8.19. The van der Waals surface area contributed by atoms with Crippen molar-refractivity contribution in [3.8, 4) is 0 Å². The number of urea groups is 1. The first kappa shape index (κ1) is 17.1. The third kappa shape index (κ3) is 5.43. The number of pyridine rings is 1. The number of unbranched alkanes of at least 4 members (excludes halogenated alkanes) is 1. The number of H-pyrrole nitrogens is 1. The van der Waals surface area contributed by atoms with Gasteiger partial charge < -0.3 is 15.6 Å². The highest BCUT2D eigenvalue weighted by atomic mass is 16.2. The molecule has 0 aliphatic heterocycles. The van der Waals surface area contributed by atoms with Gasteiger partial charge in [-0.25, -0.2) is 4.79 Å². The van der Waals surface area contributed by atoms with E-state index in [1.54, 1.807) is 0 Å². The maximum absolute atomic E-state index is 11.8. The Morgan fingerprint density at radius 1 is 1.17 bits per heavy atom. The summed E-state index contributed by atoms with van der Waals surface area (Å²) in [5.74, 6) is 0.702. The van der Waals surface area contributed by atoms with Crippen LogP contribution in [-0.2, 0) is 6.54 Å². The molecule has 1 heterocycles. The van der Waals surface area contributed by atoms with Gasteiger partial charge in [0.05, 0.1) is 0 Å². The number of benzene rings is 1. The van der Waals surface area contributed by atoms with Crippen LogP contribution >= 0.6 is 0 Å². The number of carbonyl (C=O) groups excluding carboxylic acids is 1. The number of fused-ring (bicyclic) bond motifs is 1. The maximum Gasteiger partial charge on any atom is 0.315 e. The van der Waals surface area contributed by atoms with Gasteiger partial charge in [-0.1, -0.05) is 44.9 Å². The Bertz CT molecular complexity index is 707. The van der Waals surface area contributed by atoms with E-state index in [1.807, 2.05) is 24.3 Å². The lowest BCUT2D eigenvalue weighted by molar-refractivity contribution is 0.240. The summed E-state index contributed by atoms with van der Waals surface area (Å²) in [6.07, 6.45) is 3.29. The van der Waals surface area contributed by atoms with Gasteiger partial charge in [0.2, 0.25) is 5.56 Å². The first-order valence-electron chi connectivity index (χ1n) is 8.19. The average molecular weight is 315 g/mol. The number of hydrogen-bond donors (Lipinski definition) is 3. The van der Waals surface area contributed by atoms with Crippen LogP contribution in [0.3, 0.4) is 0 Å². The van der Waals surface area contributed by atoms with Crippen molar-refractivity contribution in [3.05, 3.63) is 46.2 Å². The molecule has 0 aliphatic rings. The number of para-hydroxylation sites is 1. The topological polar surface area (TPSA) is 74.0 Å². The van der Waals surface area contributed by atoms with Gasteiger partial charge in [0.15, 0.2) is 0 Å². The van der Waals surface area contributed by atoms with E-state index in [0.717, 1.165) is 29.3 Å². The van der Waals surface area contributed by atoms with Crippen LogP contribution in [0, 0.1) is 5.92 Å². The molecule has 0 bridgehead atoms. The molecule has 0 spiro atoms. The Kier molecular flexibility index (Phi) is 6.20. The summed E-state index contributed by atoms with van der Waals surface area (Å²) >= 11 is 0. The van der Waals surface area contributed by atoms with E-state index >= 15 is 0 Å². The van der Waals surface area contributed by atoms with Gasteiger partial charge in [0, 0.05) is 30.1 Å². The van der Waals surface area contributed by atoms with Gasteiger partial charge in [-0.05, 0) is 24.0 Å². The summed E-state index contributed by atoms with van der Waals surface area (Å²) in [4.78, 5) is 26.3. The van der Waals surface area contributed by atoms with Gasteiger partial charge in [-0.3, -0.25) is 4.79 Å². The van der Waals surface area contributed by atoms with Gasteiger partial charge >= 0.3 is 6.03 Å². The highest BCUT2D eigenvalue weighted by Crippen LogP contribution is 2.14. The van der Waals surface area contributed by atoms with Crippen LogP contribution in [0.15, 0.2) is 35.1 Å². The largest absolute Gasteiger partial charge is 0.338 e. The quantitative estimate of drug-likeness (QED) is 0.687. The Morgan fingerprint density at radius 3 is 2.74 bits per heavy atom. The van der Waals surface area contributed by atoms with E-state index in [2.05, 4.69) is 29.5 Å². The lowest BCUT2D eigenvalue weighted by atomic mass is 10.1. The van der Waals surface area contributed by atoms with Crippen LogP contribution in [0.4, 0.5) is 4.79 Å². The van der Waals surface area contributed by atoms with E-state index < -0.39 is 0 Å². The number of nitrogens with one attached hydrogen (secondary N) is 3. The molecule has 2 rings (SSSR count). The highest BCUT2D eigenvalue weighted by molar-refractivity contribution is 5.82. The molecule has 1 aromatic heterocycles. The molecule has 1 aromatic carbocycles. The summed E-state index contributed by atoms with van der Waals surface area (Å²) in [5, 5.41) is 6.62. The van der Waals surface area contributed by atoms with Crippen molar-refractivity contribution in [2.24, 2.45) is 5.92 Å². The molecular formula is C18H25N3O2. The van der Waals surface area contributed by atoms with Crippen molar-refractivity contribution < 1.29 is 4.79 Å². The Morgan fingerprint density at radius 2 is 1.96 bits per heavy atom. The van der Waals surface area contributed by atoms with Crippen LogP contribution in [0.2, 0.25) is 0 Å². The molecule has 2 aromatic rings. The van der Waals surface area contributed by atoms with E-state index in [4.69, 9.17) is 0 Å². The Hall–Kier alpha value is -2.30. The normalized spacial score (nSPS) is 10.9. The van der Waals surface area contributed by atoms with E-state index in [-0.39, 0.29) is 11.6 Å². The monoisotopic (exact) mass is 315 g/mol. The fraction of sp³-hybridized carbons (Fsp3) is 0.444. The molecular weight excluding hydrogens is 290 g/mol. The Labute approximate surface area is 136 Å². The van der Waals surface area contributed by atoms with E-state index in [1.165, 1.54) is 12.5 Å². The molecule has 0 saturated carbocycles.